The molecule has 0 unspecified atom stereocenters. The van der Waals surface area contributed by atoms with Gasteiger partial charge < -0.3 is 5.32 Å². The van der Waals surface area contributed by atoms with Crippen molar-refractivity contribution in [1.29, 1.82) is 0 Å². The average Bonchev–Trinajstić information content (AvgIpc) is 2.39. The van der Waals surface area contributed by atoms with Gasteiger partial charge in [0.1, 0.15) is 0 Å². The lowest BCUT2D eigenvalue weighted by Gasteiger charge is -2.10. The molecule has 2 aromatic rings. The lowest BCUT2D eigenvalue weighted by atomic mass is 10.0. The van der Waals surface area contributed by atoms with E-state index in [1.807, 2.05) is 18.2 Å². The molecular formula is C17H21N. The van der Waals surface area contributed by atoms with Gasteiger partial charge >= 0.3 is 0 Å². The normalized spacial score (nSPS) is 10.3. The van der Waals surface area contributed by atoms with Crippen LogP contribution in [0.3, 0.4) is 0 Å². The van der Waals surface area contributed by atoms with Gasteiger partial charge in [-0.2, -0.15) is 0 Å². The number of anilines is 2. The number of hydrogen-bond donors (Lipinski definition) is 1. The molecule has 0 spiro atoms. The van der Waals surface area contributed by atoms with E-state index in [1.54, 1.807) is 0 Å². The highest BCUT2D eigenvalue weighted by Crippen LogP contribution is 2.20. The summed E-state index contributed by atoms with van der Waals surface area (Å²) in [4.78, 5) is 0. The Morgan fingerprint density at radius 3 is 2.39 bits per heavy atom. The number of para-hydroxylation sites is 1. The molecule has 2 aromatic carbocycles. The highest BCUT2D eigenvalue weighted by molar-refractivity contribution is 5.60. The van der Waals surface area contributed by atoms with Crippen LogP contribution in [0.2, 0.25) is 0 Å². The second kappa shape index (κ2) is 6.25. The summed E-state index contributed by atoms with van der Waals surface area (Å²) >= 11 is 0. The summed E-state index contributed by atoms with van der Waals surface area (Å²) in [6, 6.07) is 16.9. The number of aryl methyl sites for hydroxylation is 2. The van der Waals surface area contributed by atoms with Crippen LogP contribution < -0.4 is 5.32 Å². The van der Waals surface area contributed by atoms with Crippen molar-refractivity contribution < 1.29 is 0 Å². The molecule has 94 valence electrons. The number of rotatable bonds is 5. The third-order valence-electron chi connectivity index (χ3n) is 3.20. The monoisotopic (exact) mass is 239 g/mol. The molecular weight excluding hydrogens is 218 g/mol. The number of hydrogen-bond acceptors (Lipinski definition) is 1. The van der Waals surface area contributed by atoms with Crippen molar-refractivity contribution in [1.82, 2.24) is 0 Å². The topological polar surface area (TPSA) is 12.0 Å². The van der Waals surface area contributed by atoms with Crippen LogP contribution in [-0.4, -0.2) is 0 Å². The second-order valence-corrected chi connectivity index (χ2v) is 4.74. The SMILES string of the molecule is CCCCc1ccc(Nc2ccccc2)cc1C. The van der Waals surface area contributed by atoms with Crippen molar-refractivity contribution in [3.05, 3.63) is 59.7 Å². The highest BCUT2D eigenvalue weighted by atomic mass is 14.9. The lowest BCUT2D eigenvalue weighted by molar-refractivity contribution is 0.791. The molecule has 0 aliphatic carbocycles. The Morgan fingerprint density at radius 1 is 0.944 bits per heavy atom. The fraction of sp³-hybridized carbons (Fsp3) is 0.294. The van der Waals surface area contributed by atoms with E-state index in [4.69, 9.17) is 0 Å². The summed E-state index contributed by atoms with van der Waals surface area (Å²) in [5, 5.41) is 3.43. The fourth-order valence-electron chi connectivity index (χ4n) is 2.11. The van der Waals surface area contributed by atoms with Gasteiger partial charge in [-0.05, 0) is 55.2 Å². The van der Waals surface area contributed by atoms with Crippen LogP contribution in [0.5, 0.6) is 0 Å². The Hall–Kier alpha value is -1.76. The standard InChI is InChI=1S/C17H21N/c1-3-4-8-15-11-12-17(13-14(15)2)18-16-9-6-5-7-10-16/h5-7,9-13,18H,3-4,8H2,1-2H3. The molecule has 0 bridgehead atoms. The van der Waals surface area contributed by atoms with Crippen molar-refractivity contribution in [2.24, 2.45) is 0 Å². The average molecular weight is 239 g/mol. The summed E-state index contributed by atoms with van der Waals surface area (Å²) in [6.45, 7) is 4.43. The first kappa shape index (κ1) is 12.7. The smallest absolute Gasteiger partial charge is 0.0387 e. The molecule has 2 rings (SSSR count). The van der Waals surface area contributed by atoms with Gasteiger partial charge in [-0.15, -0.1) is 0 Å². The largest absolute Gasteiger partial charge is 0.356 e. The van der Waals surface area contributed by atoms with Gasteiger partial charge in [-0.1, -0.05) is 37.6 Å². The third kappa shape index (κ3) is 3.36. The van der Waals surface area contributed by atoms with Crippen molar-refractivity contribution in [2.75, 3.05) is 5.32 Å². The maximum absolute atomic E-state index is 3.43. The van der Waals surface area contributed by atoms with Crippen molar-refractivity contribution in [3.63, 3.8) is 0 Å². The molecule has 0 aromatic heterocycles. The van der Waals surface area contributed by atoms with Gasteiger partial charge in [0, 0.05) is 11.4 Å². The fourth-order valence-corrected chi connectivity index (χ4v) is 2.11. The summed E-state index contributed by atoms with van der Waals surface area (Å²) in [6.07, 6.45) is 3.71. The van der Waals surface area contributed by atoms with Crippen LogP contribution in [-0.2, 0) is 6.42 Å². The Bertz CT molecular complexity index is 488. The Kier molecular flexibility index (Phi) is 4.40. The molecule has 1 N–H and O–H groups in total. The van der Waals surface area contributed by atoms with E-state index in [-0.39, 0.29) is 0 Å². The molecule has 1 nitrogen and oxygen atoms in total. The zero-order valence-corrected chi connectivity index (χ0v) is 11.2. The predicted molar refractivity (Wildman–Crippen MR) is 79.5 cm³/mol. The minimum atomic E-state index is 1.14. The van der Waals surface area contributed by atoms with Gasteiger partial charge in [0.15, 0.2) is 0 Å². The summed E-state index contributed by atoms with van der Waals surface area (Å²) in [5.41, 5.74) is 5.15. The first-order valence-corrected chi connectivity index (χ1v) is 6.71. The number of unbranched alkanes of at least 4 members (excludes halogenated alkanes) is 1. The molecule has 18 heavy (non-hydrogen) atoms. The van der Waals surface area contributed by atoms with Crippen LogP contribution in [0.15, 0.2) is 48.5 Å². The van der Waals surface area contributed by atoms with Crippen molar-refractivity contribution >= 4 is 11.4 Å². The maximum atomic E-state index is 3.43. The molecule has 0 aliphatic heterocycles. The zero-order chi connectivity index (χ0) is 12.8. The molecule has 0 amide bonds. The van der Waals surface area contributed by atoms with Crippen molar-refractivity contribution in [2.45, 2.75) is 33.1 Å². The minimum Gasteiger partial charge on any atom is -0.356 e. The van der Waals surface area contributed by atoms with Crippen LogP contribution in [0, 0.1) is 6.92 Å². The molecule has 0 heterocycles. The molecule has 0 saturated heterocycles. The molecule has 0 saturated carbocycles. The van der Waals surface area contributed by atoms with Gasteiger partial charge in [-0.25, -0.2) is 0 Å². The van der Waals surface area contributed by atoms with Gasteiger partial charge in [-0.3, -0.25) is 0 Å². The molecule has 1 heteroatoms. The van der Waals surface area contributed by atoms with Gasteiger partial charge in [0.2, 0.25) is 0 Å². The van der Waals surface area contributed by atoms with Crippen LogP contribution in [0.1, 0.15) is 30.9 Å². The quantitative estimate of drug-likeness (QED) is 0.767. The predicted octanol–water partition coefficient (Wildman–Crippen LogP) is 5.08. The number of nitrogens with one attached hydrogen (secondary N) is 1. The van der Waals surface area contributed by atoms with E-state index in [9.17, 15) is 0 Å². The van der Waals surface area contributed by atoms with E-state index in [2.05, 4.69) is 49.5 Å². The van der Waals surface area contributed by atoms with E-state index in [0.29, 0.717) is 0 Å². The highest BCUT2D eigenvalue weighted by Gasteiger charge is 2.00. The van der Waals surface area contributed by atoms with Gasteiger partial charge in [0.25, 0.3) is 0 Å². The van der Waals surface area contributed by atoms with E-state index in [0.717, 1.165) is 5.69 Å². The summed E-state index contributed by atoms with van der Waals surface area (Å²) in [7, 11) is 0. The third-order valence-corrected chi connectivity index (χ3v) is 3.20. The van der Waals surface area contributed by atoms with E-state index < -0.39 is 0 Å². The Morgan fingerprint density at radius 2 is 1.72 bits per heavy atom. The second-order valence-electron chi connectivity index (χ2n) is 4.74. The van der Waals surface area contributed by atoms with E-state index in [1.165, 1.54) is 36.1 Å². The molecule has 0 fully saturated rings. The zero-order valence-electron chi connectivity index (χ0n) is 11.2. The Balaban J connectivity index is 2.09. The summed E-state index contributed by atoms with van der Waals surface area (Å²) in [5.74, 6) is 0. The lowest BCUT2D eigenvalue weighted by Crippen LogP contribution is -1.94. The molecule has 0 aliphatic rings. The van der Waals surface area contributed by atoms with Crippen LogP contribution in [0.25, 0.3) is 0 Å². The molecule has 0 radical (unpaired) electrons. The first-order valence-electron chi connectivity index (χ1n) is 6.71. The minimum absolute atomic E-state index is 1.14. The van der Waals surface area contributed by atoms with E-state index >= 15 is 0 Å². The molecule has 0 atom stereocenters. The Labute approximate surface area is 110 Å². The van der Waals surface area contributed by atoms with Gasteiger partial charge in [0.05, 0.1) is 0 Å². The number of benzene rings is 2. The maximum Gasteiger partial charge on any atom is 0.0387 e. The first-order chi connectivity index (χ1) is 8.79. The van der Waals surface area contributed by atoms with Crippen molar-refractivity contribution in [3.8, 4) is 0 Å². The summed E-state index contributed by atoms with van der Waals surface area (Å²) < 4.78 is 0. The van der Waals surface area contributed by atoms with Crippen LogP contribution >= 0.6 is 0 Å². The van der Waals surface area contributed by atoms with Crippen LogP contribution in [0.4, 0.5) is 11.4 Å².